The summed E-state index contributed by atoms with van der Waals surface area (Å²) in [7, 11) is 0. The van der Waals surface area contributed by atoms with E-state index in [1.54, 1.807) is 0 Å². The summed E-state index contributed by atoms with van der Waals surface area (Å²) in [6.45, 7) is 2.46. The molecule has 1 aromatic heterocycles. The van der Waals surface area contributed by atoms with E-state index in [2.05, 4.69) is 40.2 Å². The van der Waals surface area contributed by atoms with Crippen molar-refractivity contribution < 1.29 is 0 Å². The summed E-state index contributed by atoms with van der Waals surface area (Å²) in [5, 5.41) is 11.5. The summed E-state index contributed by atoms with van der Waals surface area (Å²) in [5.41, 5.74) is 7.77. The van der Waals surface area contributed by atoms with E-state index >= 15 is 0 Å². The minimum Gasteiger partial charge on any atom is -0.370 e. The molecular weight excluding hydrogens is 394 g/mol. The summed E-state index contributed by atoms with van der Waals surface area (Å²) in [5.74, 6) is 3.45. The van der Waals surface area contributed by atoms with Crippen LogP contribution in [0, 0.1) is 11.8 Å². The fraction of sp³-hybridized carbons (Fsp3) is 0.625. The Kier molecular flexibility index (Phi) is 7.56. The highest BCUT2D eigenvalue weighted by atomic mass is 35.5. The van der Waals surface area contributed by atoms with Crippen molar-refractivity contribution in [1.29, 1.82) is 0 Å². The van der Waals surface area contributed by atoms with Crippen LogP contribution in [0.15, 0.2) is 35.1 Å². The van der Waals surface area contributed by atoms with E-state index in [0.29, 0.717) is 18.5 Å². The third kappa shape index (κ3) is 5.70. The summed E-state index contributed by atoms with van der Waals surface area (Å²) in [4.78, 5) is 4.87. The van der Waals surface area contributed by atoms with E-state index < -0.39 is 0 Å². The highest BCUT2D eigenvalue weighted by Gasteiger charge is 2.22. The van der Waals surface area contributed by atoms with Crippen molar-refractivity contribution in [3.05, 3.63) is 40.8 Å². The summed E-state index contributed by atoms with van der Waals surface area (Å²) >= 11 is 6.58. The number of rotatable bonds is 7. The Balaban J connectivity index is 1.39. The number of halogens is 1. The van der Waals surface area contributed by atoms with Gasteiger partial charge in [-0.3, -0.25) is 0 Å². The molecule has 1 aliphatic heterocycles. The molecule has 0 unspecified atom stereocenters. The molecule has 0 spiro atoms. The first-order valence-electron chi connectivity index (χ1n) is 11.7. The molecule has 5 N–H and O–H groups in total. The van der Waals surface area contributed by atoms with Crippen LogP contribution < -0.4 is 21.7 Å². The minimum atomic E-state index is 0.501. The van der Waals surface area contributed by atoms with Crippen molar-refractivity contribution in [2.75, 3.05) is 25.0 Å². The molecule has 2 aliphatic carbocycles. The Hall–Kier alpha value is -1.72. The predicted molar refractivity (Wildman–Crippen MR) is 126 cm³/mol. The highest BCUT2D eigenvalue weighted by Crippen LogP contribution is 2.28. The molecule has 30 heavy (non-hydrogen) atoms. The fourth-order valence-electron chi connectivity index (χ4n) is 4.93. The van der Waals surface area contributed by atoms with Gasteiger partial charge in [-0.05, 0) is 75.1 Å². The highest BCUT2D eigenvalue weighted by molar-refractivity contribution is 6.33. The van der Waals surface area contributed by atoms with E-state index in [1.165, 1.54) is 57.8 Å². The molecule has 6 heteroatoms. The van der Waals surface area contributed by atoms with Crippen molar-refractivity contribution in [3.63, 3.8) is 0 Å². The van der Waals surface area contributed by atoms with E-state index in [1.807, 2.05) is 0 Å². The van der Waals surface area contributed by atoms with Gasteiger partial charge in [0.1, 0.15) is 5.82 Å². The Labute approximate surface area is 185 Å². The lowest BCUT2D eigenvalue weighted by atomic mass is 9.86. The average molecular weight is 430 g/mol. The van der Waals surface area contributed by atoms with Crippen molar-refractivity contribution in [2.45, 2.75) is 63.8 Å². The minimum absolute atomic E-state index is 0.501. The molecule has 4 rings (SSSR count). The monoisotopic (exact) mass is 429 g/mol. The number of dihydropyridines is 1. The molecule has 0 aromatic carbocycles. The molecule has 1 aromatic rings. The number of nitrogens with one attached hydrogen (secondary N) is 3. The number of pyridine rings is 1. The van der Waals surface area contributed by atoms with Crippen LogP contribution >= 0.6 is 11.6 Å². The lowest BCUT2D eigenvalue weighted by Gasteiger charge is -2.31. The third-order valence-electron chi connectivity index (χ3n) is 6.88. The van der Waals surface area contributed by atoms with Gasteiger partial charge in [-0.1, -0.05) is 36.9 Å². The Morgan fingerprint density at radius 3 is 2.60 bits per heavy atom. The smallest absolute Gasteiger partial charge is 0.126 e. The van der Waals surface area contributed by atoms with Crippen LogP contribution in [-0.2, 0) is 0 Å². The normalized spacial score (nSPS) is 25.5. The zero-order chi connectivity index (χ0) is 20.8. The quantitative estimate of drug-likeness (QED) is 0.510. The Morgan fingerprint density at radius 1 is 1.03 bits per heavy atom. The van der Waals surface area contributed by atoms with Gasteiger partial charge < -0.3 is 21.7 Å². The molecule has 5 nitrogen and oxygen atoms in total. The van der Waals surface area contributed by atoms with E-state index in [-0.39, 0.29) is 0 Å². The maximum Gasteiger partial charge on any atom is 0.126 e. The van der Waals surface area contributed by atoms with Gasteiger partial charge in [0.15, 0.2) is 0 Å². The standard InChI is InChI=1S/C24H36ClN5/c25-21-16-28-24(29-19-11-9-17(14-26)10-12-19)13-20(21)22-7-4-8-23(30-22)27-15-18-5-2-1-3-6-18/h4,7-8,13,17-19,28-29H,1-3,5-6,9-12,14-16,26H2,(H,27,30). The first-order valence-corrected chi connectivity index (χ1v) is 12.1. The van der Waals surface area contributed by atoms with Crippen LogP contribution in [0.3, 0.4) is 0 Å². The topological polar surface area (TPSA) is 75.0 Å². The third-order valence-corrected chi connectivity index (χ3v) is 7.21. The van der Waals surface area contributed by atoms with Crippen LogP contribution in [-0.4, -0.2) is 30.7 Å². The van der Waals surface area contributed by atoms with Gasteiger partial charge in [-0.15, -0.1) is 0 Å². The Morgan fingerprint density at radius 2 is 1.83 bits per heavy atom. The van der Waals surface area contributed by atoms with Crippen molar-refractivity contribution in [3.8, 4) is 0 Å². The van der Waals surface area contributed by atoms with Gasteiger partial charge in [-0.2, -0.15) is 0 Å². The van der Waals surface area contributed by atoms with Gasteiger partial charge in [0.05, 0.1) is 18.1 Å². The molecule has 2 fully saturated rings. The van der Waals surface area contributed by atoms with Crippen LogP contribution in [0.2, 0.25) is 0 Å². The first-order chi connectivity index (χ1) is 14.7. The van der Waals surface area contributed by atoms with Crippen LogP contribution in [0.4, 0.5) is 5.82 Å². The zero-order valence-electron chi connectivity index (χ0n) is 17.9. The maximum atomic E-state index is 6.58. The van der Waals surface area contributed by atoms with Gasteiger partial charge in [-0.25, -0.2) is 4.98 Å². The number of nitrogens with zero attached hydrogens (tertiary/aromatic N) is 1. The van der Waals surface area contributed by atoms with Crippen LogP contribution in [0.1, 0.15) is 63.5 Å². The molecule has 0 saturated heterocycles. The number of allylic oxidation sites excluding steroid dienone is 2. The maximum absolute atomic E-state index is 6.58. The first kappa shape index (κ1) is 21.5. The Bertz CT molecular complexity index is 761. The second-order valence-electron chi connectivity index (χ2n) is 9.12. The van der Waals surface area contributed by atoms with Crippen molar-refractivity contribution >= 4 is 23.0 Å². The molecule has 2 saturated carbocycles. The molecule has 0 amide bonds. The predicted octanol–water partition coefficient (Wildman–Crippen LogP) is 4.58. The molecule has 2 heterocycles. The number of anilines is 1. The second kappa shape index (κ2) is 10.5. The number of nitrogens with two attached hydrogens (primary N) is 1. The van der Waals surface area contributed by atoms with Gasteiger partial charge in [0.25, 0.3) is 0 Å². The molecule has 0 atom stereocenters. The number of hydrogen-bond acceptors (Lipinski definition) is 5. The molecule has 0 bridgehead atoms. The number of hydrogen-bond donors (Lipinski definition) is 4. The van der Waals surface area contributed by atoms with E-state index in [0.717, 1.165) is 46.9 Å². The second-order valence-corrected chi connectivity index (χ2v) is 9.58. The average Bonchev–Trinajstić information content (AvgIpc) is 2.80. The molecule has 164 valence electrons. The SMILES string of the molecule is NCC1CCC(NC2=CC(c3cccc(NCC4CCCCC4)n3)=C(Cl)CN2)CC1. The van der Waals surface area contributed by atoms with Crippen molar-refractivity contribution in [1.82, 2.24) is 15.6 Å². The van der Waals surface area contributed by atoms with Gasteiger partial charge in [0.2, 0.25) is 0 Å². The van der Waals surface area contributed by atoms with Crippen molar-refractivity contribution in [2.24, 2.45) is 17.6 Å². The molecule has 3 aliphatic rings. The largest absolute Gasteiger partial charge is 0.370 e. The number of aromatic nitrogens is 1. The summed E-state index contributed by atoms with van der Waals surface area (Å²) < 4.78 is 0. The molecular formula is C24H36ClN5. The summed E-state index contributed by atoms with van der Waals surface area (Å²) in [6.07, 6.45) is 13.7. The zero-order valence-corrected chi connectivity index (χ0v) is 18.7. The lowest BCUT2D eigenvalue weighted by Crippen LogP contribution is -2.39. The van der Waals surface area contributed by atoms with Crippen LogP contribution in [0.5, 0.6) is 0 Å². The van der Waals surface area contributed by atoms with Gasteiger partial charge >= 0.3 is 0 Å². The van der Waals surface area contributed by atoms with Crippen LogP contribution in [0.25, 0.3) is 5.57 Å². The van der Waals surface area contributed by atoms with E-state index in [9.17, 15) is 0 Å². The fourth-order valence-corrected chi connectivity index (χ4v) is 5.15. The summed E-state index contributed by atoms with van der Waals surface area (Å²) in [6, 6.07) is 6.68. The van der Waals surface area contributed by atoms with Gasteiger partial charge in [0, 0.05) is 23.2 Å². The lowest BCUT2D eigenvalue weighted by molar-refractivity contribution is 0.305. The molecule has 0 radical (unpaired) electrons. The van der Waals surface area contributed by atoms with E-state index in [4.69, 9.17) is 22.3 Å².